The molecule has 2 heterocycles. The van der Waals surface area contributed by atoms with E-state index in [1.54, 1.807) is 20.4 Å². The molecule has 6 nitrogen and oxygen atoms in total. The number of hydrogen-bond acceptors (Lipinski definition) is 5. The summed E-state index contributed by atoms with van der Waals surface area (Å²) in [7, 11) is 3.32. The number of nitrogens with one attached hydrogen (secondary N) is 1. The minimum Gasteiger partial charge on any atom is -0.497 e. The second-order valence-electron chi connectivity index (χ2n) is 6.57. The lowest BCUT2D eigenvalue weighted by Crippen LogP contribution is -2.37. The quantitative estimate of drug-likeness (QED) is 0.777. The summed E-state index contributed by atoms with van der Waals surface area (Å²) < 4.78 is 7.12. The zero-order chi connectivity index (χ0) is 18.5. The van der Waals surface area contributed by atoms with Crippen LogP contribution in [0.5, 0.6) is 5.75 Å². The van der Waals surface area contributed by atoms with E-state index in [9.17, 15) is 4.79 Å². The van der Waals surface area contributed by atoms with Crippen LogP contribution in [0.3, 0.4) is 0 Å². The molecule has 2 aromatic rings. The van der Waals surface area contributed by atoms with Crippen molar-refractivity contribution in [1.82, 2.24) is 14.7 Å². The Morgan fingerprint density at radius 3 is 2.58 bits per heavy atom. The molecule has 1 N–H and O–H groups in total. The van der Waals surface area contributed by atoms with Crippen molar-refractivity contribution in [2.24, 2.45) is 7.05 Å². The standard InChI is InChI=1S/C19H25BrN4O2/c1-23-19(25)18(20)16(12-22-23)21-13-17(24-10-4-3-5-11-24)14-6-8-15(26-2)9-7-14/h6-9,12,17,21H,3-5,10-11,13H2,1-2H3. The van der Waals surface area contributed by atoms with E-state index < -0.39 is 0 Å². The second kappa shape index (κ2) is 8.68. The van der Waals surface area contributed by atoms with Gasteiger partial charge in [-0.05, 0) is 59.6 Å². The van der Waals surface area contributed by atoms with Crippen molar-refractivity contribution in [3.63, 3.8) is 0 Å². The van der Waals surface area contributed by atoms with Crippen LogP contribution in [-0.4, -0.2) is 41.4 Å². The Morgan fingerprint density at radius 2 is 1.92 bits per heavy atom. The highest BCUT2D eigenvalue weighted by molar-refractivity contribution is 9.10. The number of likely N-dealkylation sites (tertiary alicyclic amines) is 1. The largest absolute Gasteiger partial charge is 0.497 e. The number of aryl methyl sites for hydroxylation is 1. The van der Waals surface area contributed by atoms with Gasteiger partial charge in [-0.1, -0.05) is 18.6 Å². The number of nitrogens with zero attached hydrogens (tertiary/aromatic N) is 3. The van der Waals surface area contributed by atoms with Crippen LogP contribution in [0.1, 0.15) is 30.9 Å². The summed E-state index contributed by atoms with van der Waals surface area (Å²) in [4.78, 5) is 14.6. The molecule has 0 radical (unpaired) electrons. The molecule has 1 fully saturated rings. The number of rotatable bonds is 6. The molecule has 0 aliphatic carbocycles. The van der Waals surface area contributed by atoms with E-state index in [2.05, 4.69) is 43.4 Å². The molecule has 1 saturated heterocycles. The first kappa shape index (κ1) is 18.9. The Hall–Kier alpha value is -1.86. The van der Waals surface area contributed by atoms with E-state index in [0.717, 1.165) is 24.5 Å². The summed E-state index contributed by atoms with van der Waals surface area (Å²) in [5.41, 5.74) is 1.82. The summed E-state index contributed by atoms with van der Waals surface area (Å²) in [5.74, 6) is 0.859. The molecule has 0 spiro atoms. The molecular formula is C19H25BrN4O2. The second-order valence-corrected chi connectivity index (χ2v) is 7.36. The van der Waals surface area contributed by atoms with Gasteiger partial charge in [0.1, 0.15) is 10.2 Å². The molecule has 1 atom stereocenters. The van der Waals surface area contributed by atoms with E-state index in [1.165, 1.54) is 29.5 Å². The molecule has 0 saturated carbocycles. The third-order valence-electron chi connectivity index (χ3n) is 4.90. The maximum atomic E-state index is 12.1. The molecule has 1 aliphatic rings. The molecule has 0 bridgehead atoms. The fraction of sp³-hybridized carbons (Fsp3) is 0.474. The number of ether oxygens (including phenoxy) is 1. The Labute approximate surface area is 162 Å². The van der Waals surface area contributed by atoms with Crippen molar-refractivity contribution < 1.29 is 4.74 Å². The number of benzene rings is 1. The van der Waals surface area contributed by atoms with Crippen molar-refractivity contribution in [3.05, 3.63) is 50.9 Å². The number of hydrogen-bond donors (Lipinski definition) is 1. The number of aromatic nitrogens is 2. The Bertz CT molecular complexity index is 785. The molecular weight excluding hydrogens is 396 g/mol. The molecule has 140 valence electrons. The predicted octanol–water partition coefficient (Wildman–Crippen LogP) is 3.19. The summed E-state index contributed by atoms with van der Waals surface area (Å²) >= 11 is 3.39. The highest BCUT2D eigenvalue weighted by Gasteiger charge is 2.22. The van der Waals surface area contributed by atoms with E-state index in [4.69, 9.17) is 4.74 Å². The van der Waals surface area contributed by atoms with Crippen molar-refractivity contribution in [2.45, 2.75) is 25.3 Å². The van der Waals surface area contributed by atoms with Gasteiger partial charge in [-0.25, -0.2) is 4.68 Å². The zero-order valence-electron chi connectivity index (χ0n) is 15.2. The Balaban J connectivity index is 1.81. The number of anilines is 1. The molecule has 1 unspecified atom stereocenters. The lowest BCUT2D eigenvalue weighted by Gasteiger charge is -2.35. The fourth-order valence-corrected chi connectivity index (χ4v) is 3.85. The van der Waals surface area contributed by atoms with E-state index in [1.807, 2.05) is 12.1 Å². The van der Waals surface area contributed by atoms with Crippen LogP contribution in [-0.2, 0) is 7.05 Å². The van der Waals surface area contributed by atoms with Crippen LogP contribution in [0.4, 0.5) is 5.69 Å². The average Bonchev–Trinajstić information content (AvgIpc) is 2.69. The Kier molecular flexibility index (Phi) is 6.32. The topological polar surface area (TPSA) is 59.4 Å². The monoisotopic (exact) mass is 420 g/mol. The number of methoxy groups -OCH3 is 1. The molecule has 1 aliphatic heterocycles. The normalized spacial score (nSPS) is 16.3. The highest BCUT2D eigenvalue weighted by Crippen LogP contribution is 2.27. The summed E-state index contributed by atoms with van der Waals surface area (Å²) in [6, 6.07) is 8.48. The van der Waals surface area contributed by atoms with E-state index in [-0.39, 0.29) is 11.6 Å². The number of piperidine rings is 1. The first-order valence-electron chi connectivity index (χ1n) is 8.94. The van der Waals surface area contributed by atoms with E-state index in [0.29, 0.717) is 11.0 Å². The smallest absolute Gasteiger partial charge is 0.282 e. The molecule has 3 rings (SSSR count). The van der Waals surface area contributed by atoms with Gasteiger partial charge in [0.2, 0.25) is 0 Å². The highest BCUT2D eigenvalue weighted by atomic mass is 79.9. The zero-order valence-corrected chi connectivity index (χ0v) is 16.8. The van der Waals surface area contributed by atoms with Gasteiger partial charge in [-0.2, -0.15) is 5.10 Å². The van der Waals surface area contributed by atoms with Gasteiger partial charge in [0.15, 0.2) is 0 Å². The first-order chi connectivity index (χ1) is 12.6. The van der Waals surface area contributed by atoms with Gasteiger partial charge in [-0.3, -0.25) is 9.69 Å². The van der Waals surface area contributed by atoms with Gasteiger partial charge in [-0.15, -0.1) is 0 Å². The van der Waals surface area contributed by atoms with Gasteiger partial charge in [0.25, 0.3) is 5.56 Å². The van der Waals surface area contributed by atoms with Crippen molar-refractivity contribution in [3.8, 4) is 5.75 Å². The first-order valence-corrected chi connectivity index (χ1v) is 9.73. The minimum atomic E-state index is -0.144. The van der Waals surface area contributed by atoms with Crippen LogP contribution in [0.15, 0.2) is 39.7 Å². The average molecular weight is 421 g/mol. The molecule has 1 aromatic carbocycles. The summed E-state index contributed by atoms with van der Waals surface area (Å²) in [6.07, 6.45) is 5.43. The molecule has 0 amide bonds. The fourth-order valence-electron chi connectivity index (χ4n) is 3.35. The lowest BCUT2D eigenvalue weighted by atomic mass is 10.0. The van der Waals surface area contributed by atoms with Crippen LogP contribution in [0.25, 0.3) is 0 Å². The Morgan fingerprint density at radius 1 is 1.23 bits per heavy atom. The van der Waals surface area contributed by atoms with Crippen LogP contribution in [0, 0.1) is 0 Å². The van der Waals surface area contributed by atoms with Crippen LogP contribution < -0.4 is 15.6 Å². The van der Waals surface area contributed by atoms with E-state index >= 15 is 0 Å². The molecule has 1 aromatic heterocycles. The number of halogens is 1. The summed E-state index contributed by atoms with van der Waals surface area (Å²) in [6.45, 7) is 2.89. The lowest BCUT2D eigenvalue weighted by molar-refractivity contribution is 0.170. The van der Waals surface area contributed by atoms with Crippen LogP contribution >= 0.6 is 15.9 Å². The SMILES string of the molecule is COc1ccc(C(CNc2cnn(C)c(=O)c2Br)N2CCCCC2)cc1. The third-order valence-corrected chi connectivity index (χ3v) is 5.66. The van der Waals surface area contributed by atoms with Gasteiger partial charge in [0, 0.05) is 13.6 Å². The van der Waals surface area contributed by atoms with Gasteiger partial charge >= 0.3 is 0 Å². The van der Waals surface area contributed by atoms with Gasteiger partial charge < -0.3 is 10.1 Å². The predicted molar refractivity (Wildman–Crippen MR) is 107 cm³/mol. The maximum absolute atomic E-state index is 12.1. The maximum Gasteiger partial charge on any atom is 0.282 e. The summed E-state index contributed by atoms with van der Waals surface area (Å²) in [5, 5.41) is 7.52. The molecule has 7 heteroatoms. The third kappa shape index (κ3) is 4.27. The van der Waals surface area contributed by atoms with Crippen molar-refractivity contribution in [2.75, 3.05) is 32.1 Å². The van der Waals surface area contributed by atoms with Crippen molar-refractivity contribution in [1.29, 1.82) is 0 Å². The van der Waals surface area contributed by atoms with Gasteiger partial charge in [0.05, 0.1) is 25.0 Å². The minimum absolute atomic E-state index is 0.144. The van der Waals surface area contributed by atoms with Crippen LogP contribution in [0.2, 0.25) is 0 Å². The molecule has 26 heavy (non-hydrogen) atoms. The van der Waals surface area contributed by atoms with Crippen molar-refractivity contribution >= 4 is 21.6 Å².